The van der Waals surface area contributed by atoms with Crippen LogP contribution in [0.4, 0.5) is 0 Å². The summed E-state index contributed by atoms with van der Waals surface area (Å²) in [5.41, 5.74) is 6.68. The molecule has 1 unspecified atom stereocenters. The Labute approximate surface area is 142 Å². The van der Waals surface area contributed by atoms with E-state index in [1.165, 1.54) is 10.4 Å². The first-order chi connectivity index (χ1) is 11.0. The minimum atomic E-state index is -0.742. The van der Waals surface area contributed by atoms with Crippen LogP contribution in [0.1, 0.15) is 28.7 Å². The van der Waals surface area contributed by atoms with E-state index in [-0.39, 0.29) is 5.92 Å². The molecule has 2 rings (SSSR count). The first-order valence-corrected chi connectivity index (χ1v) is 8.57. The second-order valence-electron chi connectivity index (χ2n) is 5.68. The number of ether oxygens (including phenoxy) is 1. The van der Waals surface area contributed by atoms with Gasteiger partial charge in [0.05, 0.1) is 4.88 Å². The predicted molar refractivity (Wildman–Crippen MR) is 95.6 cm³/mol. The average Bonchev–Trinajstić information content (AvgIpc) is 2.98. The van der Waals surface area contributed by atoms with Gasteiger partial charge in [-0.25, -0.2) is 0 Å². The van der Waals surface area contributed by atoms with Crippen molar-refractivity contribution in [1.82, 2.24) is 0 Å². The van der Waals surface area contributed by atoms with E-state index in [4.69, 9.17) is 10.5 Å². The first-order valence-electron chi connectivity index (χ1n) is 7.75. The number of thiophene rings is 1. The molecule has 1 aromatic carbocycles. The molecule has 3 nitrogen and oxygen atoms in total. The van der Waals surface area contributed by atoms with Gasteiger partial charge in [-0.15, -0.1) is 11.3 Å². The molecule has 122 valence electrons. The molecule has 4 heteroatoms. The van der Waals surface area contributed by atoms with Gasteiger partial charge in [-0.1, -0.05) is 36.5 Å². The topological polar surface area (TPSA) is 55.5 Å². The van der Waals surface area contributed by atoms with Gasteiger partial charge in [-0.05, 0) is 49.9 Å². The van der Waals surface area contributed by atoms with Crippen molar-refractivity contribution in [3.05, 3.63) is 51.7 Å². The lowest BCUT2D eigenvalue weighted by molar-refractivity contribution is 0.119. The number of hydrogen-bond donors (Lipinski definition) is 2. The smallest absolute Gasteiger partial charge is 0.149 e. The van der Waals surface area contributed by atoms with E-state index in [0.29, 0.717) is 6.61 Å². The molecule has 1 heterocycles. The largest absolute Gasteiger partial charge is 0.481 e. The van der Waals surface area contributed by atoms with Crippen LogP contribution in [0.25, 0.3) is 0 Å². The van der Waals surface area contributed by atoms with Crippen LogP contribution in [0.5, 0.6) is 5.75 Å². The monoisotopic (exact) mass is 329 g/mol. The summed E-state index contributed by atoms with van der Waals surface area (Å²) in [4.78, 5) is 2.30. The summed E-state index contributed by atoms with van der Waals surface area (Å²) < 4.78 is 5.58. The van der Waals surface area contributed by atoms with E-state index >= 15 is 0 Å². The SMILES string of the molecule is Cc1ccc(OCC#Cc2ccc(CC[C@@H](C)C(N)O)s2)cc1. The summed E-state index contributed by atoms with van der Waals surface area (Å²) in [6, 6.07) is 12.1. The van der Waals surface area contributed by atoms with E-state index in [0.717, 1.165) is 23.5 Å². The van der Waals surface area contributed by atoms with Crippen molar-refractivity contribution in [3.8, 4) is 17.6 Å². The number of nitrogens with two attached hydrogens (primary N) is 1. The number of aliphatic hydroxyl groups is 1. The van der Waals surface area contributed by atoms with Gasteiger partial charge in [0.25, 0.3) is 0 Å². The molecular weight excluding hydrogens is 306 g/mol. The molecule has 0 aliphatic heterocycles. The quantitative estimate of drug-likeness (QED) is 0.631. The minimum Gasteiger partial charge on any atom is -0.481 e. The molecule has 0 bridgehead atoms. The molecule has 2 aromatic rings. The molecule has 0 amide bonds. The minimum absolute atomic E-state index is 0.106. The summed E-state index contributed by atoms with van der Waals surface area (Å²) in [7, 11) is 0. The summed E-state index contributed by atoms with van der Waals surface area (Å²) >= 11 is 1.68. The number of aliphatic hydroxyl groups excluding tert-OH is 1. The standard InChI is InChI=1S/C19H23NO2S/c1-14-5-8-16(9-6-14)22-13-3-4-17-11-12-18(23-17)10-7-15(2)19(20)21/h5-6,8-9,11-12,15,19,21H,7,10,13,20H2,1-2H3/t15-,19?/m1/s1. The molecule has 1 aromatic heterocycles. The summed E-state index contributed by atoms with van der Waals surface area (Å²) in [6.07, 6.45) is 1.05. The molecule has 23 heavy (non-hydrogen) atoms. The molecule has 0 aliphatic rings. The lowest BCUT2D eigenvalue weighted by Crippen LogP contribution is -2.27. The Hall–Kier alpha value is -1.80. The molecule has 2 atom stereocenters. The highest BCUT2D eigenvalue weighted by molar-refractivity contribution is 7.12. The van der Waals surface area contributed by atoms with E-state index < -0.39 is 6.23 Å². The predicted octanol–water partition coefficient (Wildman–Crippen LogP) is 3.33. The van der Waals surface area contributed by atoms with Gasteiger partial charge in [-0.3, -0.25) is 0 Å². The third kappa shape index (κ3) is 6.07. The van der Waals surface area contributed by atoms with Gasteiger partial charge in [-0.2, -0.15) is 0 Å². The fourth-order valence-corrected chi connectivity index (χ4v) is 2.90. The van der Waals surface area contributed by atoms with Crippen molar-refractivity contribution in [2.24, 2.45) is 11.7 Å². The normalized spacial score (nSPS) is 13.0. The summed E-state index contributed by atoms with van der Waals surface area (Å²) in [6.45, 7) is 4.39. The summed E-state index contributed by atoms with van der Waals surface area (Å²) in [5.74, 6) is 7.11. The third-order valence-electron chi connectivity index (χ3n) is 3.63. The molecule has 0 aliphatic carbocycles. The highest BCUT2D eigenvalue weighted by Crippen LogP contribution is 2.19. The Balaban J connectivity index is 1.79. The Morgan fingerprint density at radius 1 is 1.22 bits per heavy atom. The Morgan fingerprint density at radius 3 is 2.65 bits per heavy atom. The maximum absolute atomic E-state index is 9.30. The lowest BCUT2D eigenvalue weighted by Gasteiger charge is -2.12. The molecule has 0 radical (unpaired) electrons. The Morgan fingerprint density at radius 2 is 1.96 bits per heavy atom. The van der Waals surface area contributed by atoms with Crippen molar-refractivity contribution in [1.29, 1.82) is 0 Å². The fraction of sp³-hybridized carbons (Fsp3) is 0.368. The third-order valence-corrected chi connectivity index (χ3v) is 4.69. The van der Waals surface area contributed by atoms with Gasteiger partial charge in [0.2, 0.25) is 0 Å². The van der Waals surface area contributed by atoms with Gasteiger partial charge in [0.15, 0.2) is 0 Å². The van der Waals surface area contributed by atoms with Gasteiger partial charge in [0, 0.05) is 4.88 Å². The highest BCUT2D eigenvalue weighted by Gasteiger charge is 2.09. The van der Waals surface area contributed by atoms with Crippen molar-refractivity contribution < 1.29 is 9.84 Å². The number of aryl methyl sites for hydroxylation is 2. The molecule has 0 spiro atoms. The van der Waals surface area contributed by atoms with E-state index in [1.54, 1.807) is 11.3 Å². The fourth-order valence-electron chi connectivity index (χ4n) is 2.00. The lowest BCUT2D eigenvalue weighted by atomic mass is 10.0. The molecule has 0 saturated carbocycles. The highest BCUT2D eigenvalue weighted by atomic mass is 32.1. The van der Waals surface area contributed by atoms with E-state index in [2.05, 4.69) is 17.9 Å². The first kappa shape index (κ1) is 17.6. The average molecular weight is 329 g/mol. The molecule has 3 N–H and O–H groups in total. The van der Waals surface area contributed by atoms with Gasteiger partial charge >= 0.3 is 0 Å². The van der Waals surface area contributed by atoms with Crippen molar-refractivity contribution >= 4 is 11.3 Å². The van der Waals surface area contributed by atoms with Crippen LogP contribution in [0.2, 0.25) is 0 Å². The number of rotatable bonds is 6. The summed E-state index contributed by atoms with van der Waals surface area (Å²) in [5, 5.41) is 9.30. The van der Waals surface area contributed by atoms with Crippen LogP contribution in [0.3, 0.4) is 0 Å². The van der Waals surface area contributed by atoms with E-state index in [1.807, 2.05) is 44.2 Å². The molecule has 0 fully saturated rings. The van der Waals surface area contributed by atoms with Gasteiger partial charge < -0.3 is 15.6 Å². The zero-order valence-corrected chi connectivity index (χ0v) is 14.4. The maximum atomic E-state index is 9.30. The van der Waals surface area contributed by atoms with Crippen LogP contribution >= 0.6 is 11.3 Å². The van der Waals surface area contributed by atoms with Crippen LogP contribution < -0.4 is 10.5 Å². The zero-order chi connectivity index (χ0) is 16.7. The zero-order valence-electron chi connectivity index (χ0n) is 13.6. The maximum Gasteiger partial charge on any atom is 0.149 e. The van der Waals surface area contributed by atoms with Crippen molar-refractivity contribution in [3.63, 3.8) is 0 Å². The van der Waals surface area contributed by atoms with E-state index in [9.17, 15) is 5.11 Å². The van der Waals surface area contributed by atoms with Crippen LogP contribution in [0.15, 0.2) is 36.4 Å². The second-order valence-corrected chi connectivity index (χ2v) is 6.84. The van der Waals surface area contributed by atoms with Crippen LogP contribution in [-0.2, 0) is 6.42 Å². The Bertz CT molecular complexity index is 665. The van der Waals surface area contributed by atoms with Crippen LogP contribution in [0, 0.1) is 24.7 Å². The molecular formula is C19H23NO2S. The Kier molecular flexibility index (Phi) is 6.66. The number of benzene rings is 1. The van der Waals surface area contributed by atoms with Gasteiger partial charge in [0.1, 0.15) is 18.6 Å². The second kappa shape index (κ2) is 8.73. The van der Waals surface area contributed by atoms with Crippen LogP contribution in [-0.4, -0.2) is 17.9 Å². The van der Waals surface area contributed by atoms with Crippen molar-refractivity contribution in [2.45, 2.75) is 32.9 Å². The molecule has 0 saturated heterocycles. The van der Waals surface area contributed by atoms with Crippen molar-refractivity contribution in [2.75, 3.05) is 6.61 Å². The number of hydrogen-bond acceptors (Lipinski definition) is 4.